The molecule has 0 radical (unpaired) electrons. The molecule has 1 aliphatic rings. The van der Waals surface area contributed by atoms with Crippen molar-refractivity contribution in [1.29, 1.82) is 0 Å². The van der Waals surface area contributed by atoms with Crippen molar-refractivity contribution in [3.8, 4) is 0 Å². The van der Waals surface area contributed by atoms with Gasteiger partial charge in [-0.25, -0.2) is 0 Å². The number of hydrogen-bond donors (Lipinski definition) is 0. The van der Waals surface area contributed by atoms with Crippen molar-refractivity contribution < 1.29 is 0 Å². The molecule has 0 fully saturated rings. The fraction of sp³-hybridized carbons (Fsp3) is 0.692. The highest BCUT2D eigenvalue weighted by molar-refractivity contribution is 7.16. The van der Waals surface area contributed by atoms with Gasteiger partial charge in [0, 0.05) is 0 Å². The smallest absolute Gasteiger partial charge is 0.000708 e. The molecule has 0 N–H and O–H groups in total. The summed E-state index contributed by atoms with van der Waals surface area (Å²) in [7, 11) is 2.88. The zero-order valence-electron chi connectivity index (χ0n) is 10.4. The lowest BCUT2D eigenvalue weighted by molar-refractivity contribution is 0.466. The Morgan fingerprint density at radius 3 is 1.93 bits per heavy atom. The van der Waals surface area contributed by atoms with Crippen LogP contribution >= 0.6 is 9.24 Å². The SMILES string of the molecule is CC1=C(C)C(C)C(C(C)(C)CP)=C1C. The Labute approximate surface area is 91.1 Å². The van der Waals surface area contributed by atoms with Crippen LogP contribution in [0.15, 0.2) is 22.3 Å². The van der Waals surface area contributed by atoms with Crippen molar-refractivity contribution in [1.82, 2.24) is 0 Å². The Kier molecular flexibility index (Phi) is 3.26. The molecule has 1 heteroatoms. The number of allylic oxidation sites excluding steroid dienone is 4. The van der Waals surface area contributed by atoms with Crippen LogP contribution in [0.1, 0.15) is 41.5 Å². The van der Waals surface area contributed by atoms with Crippen molar-refractivity contribution in [3.05, 3.63) is 22.3 Å². The van der Waals surface area contributed by atoms with Crippen LogP contribution in [0.5, 0.6) is 0 Å². The van der Waals surface area contributed by atoms with Gasteiger partial charge in [0.05, 0.1) is 0 Å². The van der Waals surface area contributed by atoms with Crippen LogP contribution in [0.2, 0.25) is 0 Å². The summed E-state index contributed by atoms with van der Waals surface area (Å²) in [5.74, 6) is 0.644. The van der Waals surface area contributed by atoms with Gasteiger partial charge in [0.25, 0.3) is 0 Å². The van der Waals surface area contributed by atoms with E-state index in [9.17, 15) is 0 Å². The lowest BCUT2D eigenvalue weighted by Crippen LogP contribution is -2.21. The van der Waals surface area contributed by atoms with Crippen molar-refractivity contribution in [3.63, 3.8) is 0 Å². The molecule has 2 unspecified atom stereocenters. The molecule has 1 aliphatic carbocycles. The molecule has 14 heavy (non-hydrogen) atoms. The first-order valence-corrected chi connectivity index (χ1v) is 6.23. The maximum atomic E-state index is 2.88. The zero-order valence-corrected chi connectivity index (χ0v) is 11.5. The molecule has 0 spiro atoms. The Morgan fingerprint density at radius 2 is 1.64 bits per heavy atom. The van der Waals surface area contributed by atoms with Gasteiger partial charge in [0.2, 0.25) is 0 Å². The van der Waals surface area contributed by atoms with Gasteiger partial charge >= 0.3 is 0 Å². The van der Waals surface area contributed by atoms with Gasteiger partial charge in [-0.15, -0.1) is 9.24 Å². The third kappa shape index (κ3) is 1.70. The third-order valence-electron chi connectivity index (χ3n) is 3.88. The van der Waals surface area contributed by atoms with E-state index in [4.69, 9.17) is 0 Å². The topological polar surface area (TPSA) is 0 Å². The monoisotopic (exact) mass is 210 g/mol. The molecular weight excluding hydrogens is 187 g/mol. The number of rotatable bonds is 2. The highest BCUT2D eigenvalue weighted by atomic mass is 31.0. The van der Waals surface area contributed by atoms with Gasteiger partial charge in [-0.05, 0) is 49.4 Å². The molecule has 0 aliphatic heterocycles. The summed E-state index contributed by atoms with van der Waals surface area (Å²) in [5.41, 5.74) is 6.57. The normalized spacial score (nSPS) is 23.8. The predicted octanol–water partition coefficient (Wildman–Crippen LogP) is 4.19. The maximum Gasteiger partial charge on any atom is -0.000708 e. The van der Waals surface area contributed by atoms with Crippen LogP contribution in [0.3, 0.4) is 0 Å². The van der Waals surface area contributed by atoms with E-state index in [-0.39, 0.29) is 0 Å². The summed E-state index contributed by atoms with van der Waals surface area (Å²) in [6.07, 6.45) is 1.14. The first-order valence-electron chi connectivity index (χ1n) is 5.42. The predicted molar refractivity (Wildman–Crippen MR) is 68.6 cm³/mol. The first-order chi connectivity index (χ1) is 6.33. The van der Waals surface area contributed by atoms with Crippen molar-refractivity contribution in [2.75, 3.05) is 6.16 Å². The standard InChI is InChI=1S/C13H23P/c1-8-9(2)11(4)12(10(8)3)13(5,6)7-14/h10H,7,14H2,1-6H3. The van der Waals surface area contributed by atoms with E-state index in [1.165, 1.54) is 11.1 Å². The Balaban J connectivity index is 3.17. The molecule has 0 aromatic rings. The molecule has 0 nitrogen and oxygen atoms in total. The van der Waals surface area contributed by atoms with E-state index in [1.54, 1.807) is 11.1 Å². The van der Waals surface area contributed by atoms with Gasteiger partial charge in [0.15, 0.2) is 0 Å². The van der Waals surface area contributed by atoms with E-state index in [1.807, 2.05) is 0 Å². The Hall–Kier alpha value is -0.0900. The van der Waals surface area contributed by atoms with Crippen LogP contribution in [0, 0.1) is 11.3 Å². The summed E-state index contributed by atoms with van der Waals surface area (Å²) >= 11 is 0. The highest BCUT2D eigenvalue weighted by Gasteiger charge is 2.33. The minimum Gasteiger partial charge on any atom is -0.137 e. The van der Waals surface area contributed by atoms with E-state index in [0.29, 0.717) is 11.3 Å². The van der Waals surface area contributed by atoms with Crippen molar-refractivity contribution in [2.45, 2.75) is 41.5 Å². The maximum absolute atomic E-state index is 2.88. The molecule has 1 rings (SSSR count). The summed E-state index contributed by atoms with van der Waals surface area (Å²) in [6.45, 7) is 13.8. The quantitative estimate of drug-likeness (QED) is 0.599. The summed E-state index contributed by atoms with van der Waals surface area (Å²) in [6, 6.07) is 0. The van der Waals surface area contributed by atoms with Crippen LogP contribution in [0.25, 0.3) is 0 Å². The summed E-state index contributed by atoms with van der Waals surface area (Å²) in [5, 5.41) is 0. The van der Waals surface area contributed by atoms with Gasteiger partial charge < -0.3 is 0 Å². The van der Waals surface area contributed by atoms with Crippen LogP contribution in [-0.2, 0) is 0 Å². The average molecular weight is 210 g/mol. The van der Waals surface area contributed by atoms with Crippen molar-refractivity contribution >= 4 is 9.24 Å². The molecule has 0 saturated carbocycles. The van der Waals surface area contributed by atoms with Gasteiger partial charge in [0.1, 0.15) is 0 Å². The van der Waals surface area contributed by atoms with Gasteiger partial charge in [-0.3, -0.25) is 0 Å². The van der Waals surface area contributed by atoms with E-state index in [2.05, 4.69) is 50.8 Å². The second-order valence-electron chi connectivity index (χ2n) is 5.16. The van der Waals surface area contributed by atoms with E-state index >= 15 is 0 Å². The summed E-state index contributed by atoms with van der Waals surface area (Å²) in [4.78, 5) is 0. The first kappa shape index (κ1) is 12.0. The van der Waals surface area contributed by atoms with Crippen LogP contribution in [0.4, 0.5) is 0 Å². The van der Waals surface area contributed by atoms with E-state index in [0.717, 1.165) is 6.16 Å². The molecule has 0 heterocycles. The third-order valence-corrected chi connectivity index (χ3v) is 4.90. The second kappa shape index (κ2) is 3.81. The minimum atomic E-state index is 0.327. The zero-order chi connectivity index (χ0) is 11.1. The van der Waals surface area contributed by atoms with Crippen molar-refractivity contribution in [2.24, 2.45) is 11.3 Å². The fourth-order valence-electron chi connectivity index (χ4n) is 2.57. The second-order valence-corrected chi connectivity index (χ2v) is 5.56. The van der Waals surface area contributed by atoms with Crippen LogP contribution < -0.4 is 0 Å². The van der Waals surface area contributed by atoms with E-state index < -0.39 is 0 Å². The minimum absolute atomic E-state index is 0.327. The molecule has 0 bridgehead atoms. The average Bonchev–Trinajstić information content (AvgIpc) is 2.31. The molecule has 0 amide bonds. The Morgan fingerprint density at radius 1 is 1.14 bits per heavy atom. The molecule has 80 valence electrons. The molecule has 0 aromatic carbocycles. The summed E-state index contributed by atoms with van der Waals surface area (Å²) < 4.78 is 0. The molecule has 0 aromatic heterocycles. The van der Waals surface area contributed by atoms with Gasteiger partial charge in [-0.2, -0.15) is 0 Å². The Bertz CT molecular complexity index is 305. The molecular formula is C13H23P. The largest absolute Gasteiger partial charge is 0.137 e. The lowest BCUT2D eigenvalue weighted by Gasteiger charge is -2.30. The van der Waals surface area contributed by atoms with Gasteiger partial charge in [-0.1, -0.05) is 31.9 Å². The van der Waals surface area contributed by atoms with Crippen LogP contribution in [-0.4, -0.2) is 6.16 Å². The highest BCUT2D eigenvalue weighted by Crippen LogP contribution is 2.46. The number of hydrogen-bond acceptors (Lipinski definition) is 0. The lowest BCUT2D eigenvalue weighted by atomic mass is 9.78. The molecule has 0 saturated heterocycles. The fourth-order valence-corrected chi connectivity index (χ4v) is 2.79. The molecule has 2 atom stereocenters.